The average Bonchev–Trinajstić information content (AvgIpc) is 2.09. The summed E-state index contributed by atoms with van der Waals surface area (Å²) in [6, 6.07) is 8.82. The van der Waals surface area contributed by atoms with Gasteiger partial charge in [0.05, 0.1) is 6.04 Å². The third-order valence-corrected chi connectivity index (χ3v) is 2.19. The van der Waals surface area contributed by atoms with Crippen molar-refractivity contribution in [2.24, 2.45) is 0 Å². The lowest BCUT2D eigenvalue weighted by Crippen LogP contribution is -2.16. The summed E-state index contributed by atoms with van der Waals surface area (Å²) in [6.07, 6.45) is 0. The lowest BCUT2D eigenvalue weighted by atomic mass is 10.0. The van der Waals surface area contributed by atoms with Crippen molar-refractivity contribution in [3.05, 3.63) is 47.5 Å². The van der Waals surface area contributed by atoms with E-state index in [1.807, 2.05) is 14.0 Å². The summed E-state index contributed by atoms with van der Waals surface area (Å²) in [4.78, 5) is 0. The summed E-state index contributed by atoms with van der Waals surface area (Å²) >= 11 is 0. The number of hydrogen-bond donors (Lipinski definition) is 1. The Kier molecular flexibility index (Phi) is 3.26. The van der Waals surface area contributed by atoms with Gasteiger partial charge >= 0.3 is 0 Å². The van der Waals surface area contributed by atoms with Crippen LogP contribution in [-0.2, 0) is 0 Å². The van der Waals surface area contributed by atoms with E-state index in [-0.39, 0.29) is 6.04 Å². The summed E-state index contributed by atoms with van der Waals surface area (Å²) in [5.41, 5.74) is 3.72. The molecule has 1 rings (SSSR count). The van der Waals surface area contributed by atoms with Crippen LogP contribution in [0, 0.1) is 6.92 Å². The molecule has 0 aliphatic heterocycles. The molecule has 0 radical (unpaired) electrons. The van der Waals surface area contributed by atoms with Gasteiger partial charge in [-0.15, -0.1) is 0 Å². The number of rotatable bonds is 3. The highest BCUT2D eigenvalue weighted by molar-refractivity contribution is 5.28. The number of aryl methyl sites for hydroxylation is 1. The third kappa shape index (κ3) is 2.43. The van der Waals surface area contributed by atoms with E-state index >= 15 is 0 Å². The van der Waals surface area contributed by atoms with Crippen LogP contribution >= 0.6 is 0 Å². The van der Waals surface area contributed by atoms with Crippen LogP contribution in [0.2, 0.25) is 0 Å². The van der Waals surface area contributed by atoms with Gasteiger partial charge in [-0.2, -0.15) is 0 Å². The molecule has 13 heavy (non-hydrogen) atoms. The minimum absolute atomic E-state index is 0.278. The molecule has 0 aliphatic carbocycles. The normalized spacial score (nSPS) is 12.5. The van der Waals surface area contributed by atoms with Crippen molar-refractivity contribution in [3.63, 3.8) is 0 Å². The maximum atomic E-state index is 3.96. The molecular weight excluding hydrogens is 158 g/mol. The van der Waals surface area contributed by atoms with Crippen LogP contribution in [0.15, 0.2) is 36.4 Å². The molecule has 1 N–H and O–H groups in total. The van der Waals surface area contributed by atoms with Crippen molar-refractivity contribution in [2.45, 2.75) is 19.9 Å². The van der Waals surface area contributed by atoms with Gasteiger partial charge in [0.1, 0.15) is 0 Å². The van der Waals surface area contributed by atoms with Crippen LogP contribution in [-0.4, -0.2) is 7.05 Å². The highest BCUT2D eigenvalue weighted by atomic mass is 14.9. The van der Waals surface area contributed by atoms with E-state index in [1.165, 1.54) is 11.1 Å². The largest absolute Gasteiger partial charge is 0.310 e. The van der Waals surface area contributed by atoms with Gasteiger partial charge in [-0.25, -0.2) is 0 Å². The first kappa shape index (κ1) is 10.0. The van der Waals surface area contributed by atoms with E-state index in [4.69, 9.17) is 0 Å². The quantitative estimate of drug-likeness (QED) is 0.696. The van der Waals surface area contributed by atoms with Crippen LogP contribution in [0.25, 0.3) is 0 Å². The summed E-state index contributed by atoms with van der Waals surface area (Å²) < 4.78 is 0. The molecule has 0 saturated heterocycles. The number of benzene rings is 1. The predicted molar refractivity (Wildman–Crippen MR) is 57.8 cm³/mol. The molecule has 0 heterocycles. The Morgan fingerprint density at radius 2 is 1.85 bits per heavy atom. The van der Waals surface area contributed by atoms with Gasteiger partial charge in [-0.05, 0) is 26.5 Å². The van der Waals surface area contributed by atoms with Crippen LogP contribution in [0.4, 0.5) is 0 Å². The zero-order valence-electron chi connectivity index (χ0n) is 8.59. The first-order chi connectivity index (χ1) is 6.15. The van der Waals surface area contributed by atoms with Gasteiger partial charge < -0.3 is 5.32 Å². The Labute approximate surface area is 80.5 Å². The molecule has 1 atom stereocenters. The van der Waals surface area contributed by atoms with Gasteiger partial charge in [-0.1, -0.05) is 42.0 Å². The fourth-order valence-corrected chi connectivity index (χ4v) is 1.46. The highest BCUT2D eigenvalue weighted by Gasteiger charge is 2.07. The van der Waals surface area contributed by atoms with Crippen LogP contribution in [0.1, 0.15) is 24.1 Å². The minimum atomic E-state index is 0.278. The number of likely N-dealkylation sites (N-methyl/N-ethyl adjacent to an activating group) is 1. The lowest BCUT2D eigenvalue weighted by Gasteiger charge is -2.16. The molecule has 0 amide bonds. The second-order valence-electron chi connectivity index (χ2n) is 3.48. The van der Waals surface area contributed by atoms with Gasteiger partial charge in [0.15, 0.2) is 0 Å². The SMILES string of the molecule is C=C(C)C(NC)c1ccc(C)cc1. The molecule has 1 aromatic rings. The van der Waals surface area contributed by atoms with E-state index in [1.54, 1.807) is 0 Å². The van der Waals surface area contributed by atoms with Crippen molar-refractivity contribution >= 4 is 0 Å². The standard InChI is InChI=1S/C12H17N/c1-9(2)12(13-4)11-7-5-10(3)6-8-11/h5-8,12-13H,1H2,2-4H3. The van der Waals surface area contributed by atoms with Crippen molar-refractivity contribution < 1.29 is 0 Å². The first-order valence-electron chi connectivity index (χ1n) is 4.54. The van der Waals surface area contributed by atoms with Gasteiger partial charge in [0.2, 0.25) is 0 Å². The van der Waals surface area contributed by atoms with E-state index in [9.17, 15) is 0 Å². The molecule has 0 spiro atoms. The monoisotopic (exact) mass is 175 g/mol. The fraction of sp³-hybridized carbons (Fsp3) is 0.333. The van der Waals surface area contributed by atoms with Crippen LogP contribution < -0.4 is 5.32 Å². The van der Waals surface area contributed by atoms with Gasteiger partial charge in [0.25, 0.3) is 0 Å². The fourth-order valence-electron chi connectivity index (χ4n) is 1.46. The molecule has 0 bridgehead atoms. The lowest BCUT2D eigenvalue weighted by molar-refractivity contribution is 0.680. The first-order valence-corrected chi connectivity index (χ1v) is 4.54. The zero-order valence-corrected chi connectivity index (χ0v) is 8.59. The van der Waals surface area contributed by atoms with E-state index in [0.717, 1.165) is 5.57 Å². The molecular formula is C12H17N. The Morgan fingerprint density at radius 1 is 1.31 bits per heavy atom. The van der Waals surface area contributed by atoms with Gasteiger partial charge in [0, 0.05) is 0 Å². The van der Waals surface area contributed by atoms with E-state index < -0.39 is 0 Å². The Hall–Kier alpha value is -1.08. The maximum Gasteiger partial charge on any atom is 0.0528 e. The topological polar surface area (TPSA) is 12.0 Å². The third-order valence-electron chi connectivity index (χ3n) is 2.19. The predicted octanol–water partition coefficient (Wildman–Crippen LogP) is 2.83. The molecule has 0 aliphatic rings. The summed E-state index contributed by atoms with van der Waals surface area (Å²) in [6.45, 7) is 8.10. The number of nitrogens with one attached hydrogen (secondary N) is 1. The molecule has 1 unspecified atom stereocenters. The van der Waals surface area contributed by atoms with Crippen molar-refractivity contribution in [2.75, 3.05) is 7.05 Å². The molecule has 70 valence electrons. The Morgan fingerprint density at radius 3 is 2.23 bits per heavy atom. The minimum Gasteiger partial charge on any atom is -0.310 e. The summed E-state index contributed by atoms with van der Waals surface area (Å²) in [5.74, 6) is 0. The average molecular weight is 175 g/mol. The molecule has 0 fully saturated rings. The molecule has 1 aromatic carbocycles. The molecule has 1 heteroatoms. The van der Waals surface area contributed by atoms with Crippen molar-refractivity contribution in [3.8, 4) is 0 Å². The van der Waals surface area contributed by atoms with E-state index in [2.05, 4.69) is 43.1 Å². The second-order valence-corrected chi connectivity index (χ2v) is 3.48. The molecule has 0 aromatic heterocycles. The van der Waals surface area contributed by atoms with Crippen LogP contribution in [0.5, 0.6) is 0 Å². The second kappa shape index (κ2) is 4.24. The highest BCUT2D eigenvalue weighted by Crippen LogP contribution is 2.19. The summed E-state index contributed by atoms with van der Waals surface area (Å²) in [5, 5.41) is 3.24. The smallest absolute Gasteiger partial charge is 0.0528 e. The summed E-state index contributed by atoms with van der Waals surface area (Å²) in [7, 11) is 1.96. The van der Waals surface area contributed by atoms with Gasteiger partial charge in [-0.3, -0.25) is 0 Å². The Bertz CT molecular complexity index is 284. The van der Waals surface area contributed by atoms with Crippen LogP contribution in [0.3, 0.4) is 0 Å². The molecule has 1 nitrogen and oxygen atoms in total. The Balaban J connectivity index is 2.92. The maximum absolute atomic E-state index is 3.96. The van der Waals surface area contributed by atoms with E-state index in [0.29, 0.717) is 0 Å². The van der Waals surface area contributed by atoms with Crippen molar-refractivity contribution in [1.82, 2.24) is 5.32 Å². The number of hydrogen-bond acceptors (Lipinski definition) is 1. The van der Waals surface area contributed by atoms with Crippen molar-refractivity contribution in [1.29, 1.82) is 0 Å². The zero-order chi connectivity index (χ0) is 9.84. The molecule has 0 saturated carbocycles.